The second kappa shape index (κ2) is 9.92. The van der Waals surface area contributed by atoms with Crippen molar-refractivity contribution >= 4 is 5.91 Å². The summed E-state index contributed by atoms with van der Waals surface area (Å²) in [4.78, 5) is 30.2. The lowest BCUT2D eigenvalue weighted by Crippen LogP contribution is -2.52. The molecule has 2 aromatic heterocycles. The average Bonchev–Trinajstić information content (AvgIpc) is 3.01. The Kier molecular flexibility index (Phi) is 7.01. The number of nitrogens with zero attached hydrogens (tertiary/aromatic N) is 4. The summed E-state index contributed by atoms with van der Waals surface area (Å²) in [5.41, 5.74) is 0.692. The molecule has 0 spiro atoms. The van der Waals surface area contributed by atoms with Gasteiger partial charge in [0.05, 0.1) is 23.9 Å². The molecule has 8 heteroatoms. The highest BCUT2D eigenvalue weighted by Crippen LogP contribution is 2.28. The largest absolute Gasteiger partial charge is 0.387 e. The highest BCUT2D eigenvalue weighted by molar-refractivity contribution is 5.73. The molecule has 1 saturated heterocycles. The van der Waals surface area contributed by atoms with E-state index in [9.17, 15) is 14.7 Å². The lowest BCUT2D eigenvalue weighted by atomic mass is 9.90. The van der Waals surface area contributed by atoms with E-state index in [-0.39, 0.29) is 17.5 Å². The van der Waals surface area contributed by atoms with Gasteiger partial charge in [-0.2, -0.15) is 5.10 Å². The van der Waals surface area contributed by atoms with Gasteiger partial charge in [0, 0.05) is 50.1 Å². The molecule has 2 aliphatic rings. The van der Waals surface area contributed by atoms with E-state index in [0.717, 1.165) is 56.3 Å². The molecule has 2 aromatic rings. The van der Waals surface area contributed by atoms with Crippen LogP contribution in [-0.2, 0) is 4.79 Å². The quantitative estimate of drug-likeness (QED) is 0.740. The predicted octanol–water partition coefficient (Wildman–Crippen LogP) is 2.14. The van der Waals surface area contributed by atoms with Gasteiger partial charge in [-0.05, 0) is 63.1 Å². The highest BCUT2D eigenvalue weighted by atomic mass is 16.3. The van der Waals surface area contributed by atoms with E-state index in [0.29, 0.717) is 25.6 Å². The fourth-order valence-electron chi connectivity index (χ4n) is 4.90. The Labute approximate surface area is 188 Å². The van der Waals surface area contributed by atoms with Crippen LogP contribution in [0, 0.1) is 0 Å². The van der Waals surface area contributed by atoms with Crippen molar-refractivity contribution in [2.75, 3.05) is 19.6 Å². The van der Waals surface area contributed by atoms with Crippen LogP contribution in [0.2, 0.25) is 0 Å². The van der Waals surface area contributed by atoms with Crippen LogP contribution in [0.25, 0.3) is 11.3 Å². The van der Waals surface area contributed by atoms with Gasteiger partial charge in [0.15, 0.2) is 0 Å². The second-order valence-electron chi connectivity index (χ2n) is 9.25. The number of carbonyl (C=O) groups excluding carboxylic acids is 1. The summed E-state index contributed by atoms with van der Waals surface area (Å²) in [5.74, 6) is 0.0253. The number of likely N-dealkylation sites (tertiary alicyclic amines) is 1. The first kappa shape index (κ1) is 22.6. The van der Waals surface area contributed by atoms with Gasteiger partial charge in [0.1, 0.15) is 0 Å². The Hall–Kier alpha value is -2.58. The van der Waals surface area contributed by atoms with Crippen molar-refractivity contribution in [1.82, 2.24) is 25.0 Å². The molecular formula is C24H33N5O3. The third kappa shape index (κ3) is 5.42. The molecular weight excluding hydrogens is 406 g/mol. The molecule has 2 fully saturated rings. The predicted molar refractivity (Wildman–Crippen MR) is 122 cm³/mol. The van der Waals surface area contributed by atoms with Crippen LogP contribution in [0.4, 0.5) is 0 Å². The van der Waals surface area contributed by atoms with Crippen LogP contribution in [0.3, 0.4) is 0 Å². The number of amides is 1. The van der Waals surface area contributed by atoms with Gasteiger partial charge in [0.25, 0.3) is 5.56 Å². The minimum absolute atomic E-state index is 0.0253. The number of nitrogens with one attached hydrogen (secondary N) is 1. The van der Waals surface area contributed by atoms with Crippen LogP contribution < -0.4 is 10.9 Å². The number of hydrogen-bond acceptors (Lipinski definition) is 6. The maximum atomic E-state index is 12.5. The summed E-state index contributed by atoms with van der Waals surface area (Å²) in [6.45, 7) is 3.17. The van der Waals surface area contributed by atoms with Gasteiger partial charge < -0.3 is 15.3 Å². The summed E-state index contributed by atoms with van der Waals surface area (Å²) in [5, 5.41) is 19.3. The summed E-state index contributed by atoms with van der Waals surface area (Å²) < 4.78 is 1.63. The van der Waals surface area contributed by atoms with E-state index in [1.54, 1.807) is 41.0 Å². The van der Waals surface area contributed by atoms with E-state index in [1.807, 2.05) is 12.1 Å². The second-order valence-corrected chi connectivity index (χ2v) is 9.25. The van der Waals surface area contributed by atoms with E-state index in [2.05, 4.69) is 15.4 Å². The Morgan fingerprint density at radius 2 is 2.03 bits per heavy atom. The first-order valence-corrected chi connectivity index (χ1v) is 11.7. The molecule has 0 radical (unpaired) electrons. The Balaban J connectivity index is 1.34. The smallest absolute Gasteiger partial charge is 0.267 e. The molecule has 1 saturated carbocycles. The van der Waals surface area contributed by atoms with Crippen molar-refractivity contribution < 1.29 is 9.90 Å². The molecule has 4 rings (SSSR count). The first-order chi connectivity index (χ1) is 15.4. The third-order valence-corrected chi connectivity index (χ3v) is 6.80. The standard InChI is InChI=1S/C24H33N5O3/c1-18(30)28-14-3-2-12-24(32,17-28)16-26-20-6-8-21(9-7-20)29-23(31)11-10-22(27-29)19-5-4-13-25-15-19/h4-5,10-11,13,15,20-21,26,32H,2-3,6-9,12,14,16-17H2,1H3. The topological polar surface area (TPSA) is 100 Å². The van der Waals surface area contributed by atoms with E-state index < -0.39 is 5.60 Å². The van der Waals surface area contributed by atoms with Crippen molar-refractivity contribution in [2.45, 2.75) is 69.6 Å². The number of rotatable bonds is 5. The molecule has 1 aliphatic heterocycles. The molecule has 172 valence electrons. The van der Waals surface area contributed by atoms with Crippen LogP contribution >= 0.6 is 0 Å². The van der Waals surface area contributed by atoms with Crippen molar-refractivity contribution in [3.8, 4) is 11.3 Å². The molecule has 1 atom stereocenters. The number of aliphatic hydroxyl groups is 1. The minimum Gasteiger partial charge on any atom is -0.387 e. The zero-order valence-corrected chi connectivity index (χ0v) is 18.7. The molecule has 0 bridgehead atoms. The summed E-state index contributed by atoms with van der Waals surface area (Å²) >= 11 is 0. The third-order valence-electron chi connectivity index (χ3n) is 6.80. The minimum atomic E-state index is -0.879. The number of β-amino-alcohol motifs (C(OH)–C–C–N with tert-alkyl or cyclic N) is 1. The number of carbonyl (C=O) groups is 1. The van der Waals surface area contributed by atoms with Gasteiger partial charge in [0.2, 0.25) is 5.91 Å². The van der Waals surface area contributed by atoms with Gasteiger partial charge in [-0.25, -0.2) is 4.68 Å². The van der Waals surface area contributed by atoms with E-state index in [1.165, 1.54) is 0 Å². The maximum absolute atomic E-state index is 12.5. The SMILES string of the molecule is CC(=O)N1CCCCC(O)(CNC2CCC(n3nc(-c4cccnc4)ccc3=O)CC2)C1. The number of hydrogen-bond donors (Lipinski definition) is 2. The van der Waals surface area contributed by atoms with Gasteiger partial charge >= 0.3 is 0 Å². The Bertz CT molecular complexity index is 971. The van der Waals surface area contributed by atoms with Crippen LogP contribution in [0.1, 0.15) is 57.9 Å². The number of pyridine rings is 1. The molecule has 1 unspecified atom stereocenters. The van der Waals surface area contributed by atoms with Crippen molar-refractivity contribution in [3.63, 3.8) is 0 Å². The van der Waals surface area contributed by atoms with E-state index in [4.69, 9.17) is 0 Å². The molecule has 0 aromatic carbocycles. The number of aromatic nitrogens is 3. The lowest BCUT2D eigenvalue weighted by molar-refractivity contribution is -0.131. The van der Waals surface area contributed by atoms with Crippen molar-refractivity contribution in [1.29, 1.82) is 0 Å². The monoisotopic (exact) mass is 439 g/mol. The summed E-state index contributed by atoms with van der Waals surface area (Å²) in [6.07, 6.45) is 9.60. The molecule has 2 N–H and O–H groups in total. The van der Waals surface area contributed by atoms with Gasteiger partial charge in [-0.15, -0.1) is 0 Å². The highest BCUT2D eigenvalue weighted by Gasteiger charge is 2.34. The zero-order chi connectivity index (χ0) is 22.6. The van der Waals surface area contributed by atoms with Crippen LogP contribution in [0.5, 0.6) is 0 Å². The molecule has 32 heavy (non-hydrogen) atoms. The lowest BCUT2D eigenvalue weighted by Gasteiger charge is -2.35. The maximum Gasteiger partial charge on any atom is 0.267 e. The van der Waals surface area contributed by atoms with Gasteiger partial charge in [-0.1, -0.05) is 0 Å². The first-order valence-electron chi connectivity index (χ1n) is 11.7. The Morgan fingerprint density at radius 3 is 2.75 bits per heavy atom. The molecule has 1 amide bonds. The Morgan fingerprint density at radius 1 is 1.22 bits per heavy atom. The molecule has 3 heterocycles. The van der Waals surface area contributed by atoms with Crippen molar-refractivity contribution in [2.24, 2.45) is 0 Å². The average molecular weight is 440 g/mol. The fourth-order valence-corrected chi connectivity index (χ4v) is 4.90. The molecule has 1 aliphatic carbocycles. The normalized spacial score (nSPS) is 26.5. The van der Waals surface area contributed by atoms with Gasteiger partial charge in [-0.3, -0.25) is 14.6 Å². The summed E-state index contributed by atoms with van der Waals surface area (Å²) in [7, 11) is 0. The summed E-state index contributed by atoms with van der Waals surface area (Å²) in [6, 6.07) is 7.51. The van der Waals surface area contributed by atoms with Crippen LogP contribution in [-0.4, -0.2) is 62.0 Å². The van der Waals surface area contributed by atoms with Crippen LogP contribution in [0.15, 0.2) is 41.5 Å². The van der Waals surface area contributed by atoms with Crippen molar-refractivity contribution in [3.05, 3.63) is 47.0 Å². The van der Waals surface area contributed by atoms with E-state index >= 15 is 0 Å². The fraction of sp³-hybridized carbons (Fsp3) is 0.583. The zero-order valence-electron chi connectivity index (χ0n) is 18.7. The molecule has 8 nitrogen and oxygen atoms in total.